The molecule has 3 unspecified atom stereocenters. The summed E-state index contributed by atoms with van der Waals surface area (Å²) in [7, 11) is 0. The topological polar surface area (TPSA) is 107 Å². The third-order valence-corrected chi connectivity index (χ3v) is 3.99. The molecule has 0 radical (unpaired) electrons. The maximum atomic E-state index is 12.2. The van der Waals surface area contributed by atoms with Gasteiger partial charge in [0.25, 0.3) is 0 Å². The zero-order valence-corrected chi connectivity index (χ0v) is 14.4. The maximum absolute atomic E-state index is 12.2. The van der Waals surface area contributed by atoms with Gasteiger partial charge in [0, 0.05) is 9.40 Å². The van der Waals surface area contributed by atoms with Crippen molar-refractivity contribution in [2.75, 3.05) is 6.54 Å². The van der Waals surface area contributed by atoms with Gasteiger partial charge in [0.2, 0.25) is 6.54 Å². The van der Waals surface area contributed by atoms with Crippen LogP contribution in [0.1, 0.15) is 31.7 Å². The average Bonchev–Trinajstić information content (AvgIpc) is 2.46. The number of hydrogen-bond acceptors (Lipinski definition) is 5. The molecule has 7 nitrogen and oxygen atoms in total. The first-order valence-electron chi connectivity index (χ1n) is 7.06. The molecule has 0 bridgehead atoms. The second kappa shape index (κ2) is 8.61. The van der Waals surface area contributed by atoms with E-state index in [1.54, 1.807) is 38.1 Å². The van der Waals surface area contributed by atoms with Gasteiger partial charge in [-0.3, -0.25) is 19.7 Å². The zero-order valence-electron chi connectivity index (χ0n) is 12.8. The molecule has 0 aliphatic carbocycles. The number of esters is 1. The molecule has 1 aromatic rings. The Hall–Kier alpha value is -1.96. The van der Waals surface area contributed by atoms with Gasteiger partial charge >= 0.3 is 11.9 Å². The molecule has 1 N–H and O–H groups in total. The lowest BCUT2D eigenvalue weighted by Crippen LogP contribution is -2.36. The predicted octanol–water partition coefficient (Wildman–Crippen LogP) is 2.85. The van der Waals surface area contributed by atoms with Crippen molar-refractivity contribution >= 4 is 27.9 Å². The standard InChI is InChI=1S/C15H18BrNO6/c1-3-9(2)23-15(20)13(14(18)19)12(8-17(21)22)10-4-6-11(16)7-5-10/h4-7,9,12-13H,3,8H2,1-2H3,(H,18,19). The number of carbonyl (C=O) groups excluding carboxylic acids is 1. The molecule has 0 amide bonds. The summed E-state index contributed by atoms with van der Waals surface area (Å²) >= 11 is 3.24. The number of carboxylic acid groups (broad SMARTS) is 1. The van der Waals surface area contributed by atoms with E-state index in [0.717, 1.165) is 4.47 Å². The molecule has 0 aromatic heterocycles. The summed E-state index contributed by atoms with van der Waals surface area (Å²) in [5.74, 6) is -5.13. The van der Waals surface area contributed by atoms with Gasteiger partial charge in [-0.25, -0.2) is 0 Å². The third-order valence-electron chi connectivity index (χ3n) is 3.46. The number of ether oxygens (including phenoxy) is 1. The largest absolute Gasteiger partial charge is 0.481 e. The van der Waals surface area contributed by atoms with Gasteiger partial charge in [-0.05, 0) is 31.0 Å². The van der Waals surface area contributed by atoms with E-state index in [0.29, 0.717) is 12.0 Å². The molecule has 3 atom stereocenters. The number of halogens is 1. The maximum Gasteiger partial charge on any atom is 0.321 e. The van der Waals surface area contributed by atoms with Crippen LogP contribution in [0.5, 0.6) is 0 Å². The Kier molecular flexibility index (Phi) is 7.15. The van der Waals surface area contributed by atoms with Crippen molar-refractivity contribution in [3.05, 3.63) is 44.4 Å². The van der Waals surface area contributed by atoms with E-state index in [9.17, 15) is 24.8 Å². The first kappa shape index (κ1) is 19.1. The van der Waals surface area contributed by atoms with E-state index in [-0.39, 0.29) is 0 Å². The van der Waals surface area contributed by atoms with Gasteiger partial charge in [-0.1, -0.05) is 35.0 Å². The highest BCUT2D eigenvalue weighted by Gasteiger charge is 2.40. The summed E-state index contributed by atoms with van der Waals surface area (Å²) in [5, 5.41) is 20.3. The lowest BCUT2D eigenvalue weighted by molar-refractivity contribution is -0.484. The Bertz CT molecular complexity index is 574. The summed E-state index contributed by atoms with van der Waals surface area (Å²) in [6, 6.07) is 6.40. The van der Waals surface area contributed by atoms with Crippen LogP contribution in [0.2, 0.25) is 0 Å². The fraction of sp³-hybridized carbons (Fsp3) is 0.467. The van der Waals surface area contributed by atoms with Gasteiger partial charge in [-0.15, -0.1) is 0 Å². The average molecular weight is 388 g/mol. The van der Waals surface area contributed by atoms with Crippen LogP contribution >= 0.6 is 15.9 Å². The van der Waals surface area contributed by atoms with E-state index in [1.165, 1.54) is 0 Å². The fourth-order valence-corrected chi connectivity index (χ4v) is 2.33. The quantitative estimate of drug-likeness (QED) is 0.318. The predicted molar refractivity (Wildman–Crippen MR) is 85.7 cm³/mol. The lowest BCUT2D eigenvalue weighted by atomic mass is 9.86. The minimum atomic E-state index is -1.63. The number of nitrogens with zero attached hydrogens (tertiary/aromatic N) is 1. The van der Waals surface area contributed by atoms with Gasteiger partial charge in [0.1, 0.15) is 0 Å². The van der Waals surface area contributed by atoms with Crippen LogP contribution in [-0.4, -0.2) is 34.6 Å². The lowest BCUT2D eigenvalue weighted by Gasteiger charge is -2.22. The first-order valence-corrected chi connectivity index (χ1v) is 7.86. The molecule has 0 aliphatic heterocycles. The summed E-state index contributed by atoms with van der Waals surface area (Å²) in [5.41, 5.74) is 0.401. The Morgan fingerprint density at radius 2 is 1.91 bits per heavy atom. The van der Waals surface area contributed by atoms with Gasteiger partial charge in [0.15, 0.2) is 5.92 Å². The molecule has 0 spiro atoms. The van der Waals surface area contributed by atoms with Crippen molar-refractivity contribution in [1.29, 1.82) is 0 Å². The highest BCUT2D eigenvalue weighted by Crippen LogP contribution is 2.28. The van der Waals surface area contributed by atoms with Crippen molar-refractivity contribution in [2.24, 2.45) is 5.92 Å². The van der Waals surface area contributed by atoms with Crippen LogP contribution in [0, 0.1) is 16.0 Å². The number of carbonyl (C=O) groups is 2. The summed E-state index contributed by atoms with van der Waals surface area (Å²) in [6.07, 6.45) is 0.0709. The van der Waals surface area contributed by atoms with E-state index in [2.05, 4.69) is 15.9 Å². The minimum absolute atomic E-state index is 0.401. The Morgan fingerprint density at radius 1 is 1.35 bits per heavy atom. The van der Waals surface area contributed by atoms with Crippen molar-refractivity contribution in [2.45, 2.75) is 32.3 Å². The number of nitro groups is 1. The first-order chi connectivity index (χ1) is 10.8. The van der Waals surface area contributed by atoms with Gasteiger partial charge in [0.05, 0.1) is 12.0 Å². The van der Waals surface area contributed by atoms with Crippen molar-refractivity contribution in [3.8, 4) is 0 Å². The number of aliphatic carboxylic acids is 1. The number of carboxylic acids is 1. The highest BCUT2D eigenvalue weighted by molar-refractivity contribution is 9.10. The molecule has 0 heterocycles. The molecule has 0 saturated heterocycles. The molecule has 8 heteroatoms. The molecule has 126 valence electrons. The van der Waals surface area contributed by atoms with Crippen LogP contribution in [-0.2, 0) is 14.3 Å². The third kappa shape index (κ3) is 5.63. The molecular weight excluding hydrogens is 370 g/mol. The van der Waals surface area contributed by atoms with Crippen molar-refractivity contribution in [1.82, 2.24) is 0 Å². The Labute approximate surface area is 141 Å². The Balaban J connectivity index is 3.17. The molecular formula is C15H18BrNO6. The summed E-state index contributed by atoms with van der Waals surface area (Å²) < 4.78 is 5.82. The van der Waals surface area contributed by atoms with Crippen LogP contribution in [0.3, 0.4) is 0 Å². The SMILES string of the molecule is CCC(C)OC(=O)C(C(=O)O)C(C[N+](=O)[O-])c1ccc(Br)cc1. The van der Waals surface area contributed by atoms with Crippen LogP contribution in [0.15, 0.2) is 28.7 Å². The van der Waals surface area contributed by atoms with Crippen LogP contribution in [0.4, 0.5) is 0 Å². The summed E-state index contributed by atoms with van der Waals surface area (Å²) in [4.78, 5) is 34.0. The van der Waals surface area contributed by atoms with E-state index in [4.69, 9.17) is 4.74 Å². The monoisotopic (exact) mass is 387 g/mol. The van der Waals surface area contributed by atoms with Crippen molar-refractivity contribution < 1.29 is 24.4 Å². The number of rotatable bonds is 8. The van der Waals surface area contributed by atoms with Gasteiger partial charge in [-0.2, -0.15) is 0 Å². The highest BCUT2D eigenvalue weighted by atomic mass is 79.9. The van der Waals surface area contributed by atoms with Crippen LogP contribution < -0.4 is 0 Å². The van der Waals surface area contributed by atoms with Crippen molar-refractivity contribution in [3.63, 3.8) is 0 Å². The molecule has 23 heavy (non-hydrogen) atoms. The van der Waals surface area contributed by atoms with Gasteiger partial charge < -0.3 is 9.84 Å². The summed E-state index contributed by atoms with van der Waals surface area (Å²) in [6.45, 7) is 2.75. The van der Waals surface area contributed by atoms with E-state index >= 15 is 0 Å². The van der Waals surface area contributed by atoms with E-state index < -0.39 is 41.3 Å². The second-order valence-corrected chi connectivity index (χ2v) is 6.06. The molecule has 1 rings (SSSR count). The number of hydrogen-bond donors (Lipinski definition) is 1. The molecule has 0 saturated carbocycles. The normalized spacial score (nSPS) is 14.6. The fourth-order valence-electron chi connectivity index (χ4n) is 2.07. The molecule has 0 aliphatic rings. The minimum Gasteiger partial charge on any atom is -0.481 e. The Morgan fingerprint density at radius 3 is 2.35 bits per heavy atom. The second-order valence-electron chi connectivity index (χ2n) is 5.15. The van der Waals surface area contributed by atoms with E-state index in [1.807, 2.05) is 0 Å². The smallest absolute Gasteiger partial charge is 0.321 e. The molecule has 0 fully saturated rings. The molecule has 1 aromatic carbocycles. The number of benzene rings is 1. The zero-order chi connectivity index (χ0) is 17.6. The van der Waals surface area contributed by atoms with Crippen LogP contribution in [0.25, 0.3) is 0 Å².